The predicted molar refractivity (Wildman–Crippen MR) is 96.2 cm³/mol. The van der Waals surface area contributed by atoms with Crippen molar-refractivity contribution < 1.29 is 14.6 Å². The molecule has 0 saturated carbocycles. The molecular weight excluding hydrogens is 314 g/mol. The second-order valence-corrected chi connectivity index (χ2v) is 4.77. The first-order valence-corrected chi connectivity index (χ1v) is 7.17. The average molecular weight is 333 g/mol. The number of aliphatic hydroxyl groups excluding tert-OH is 1. The number of amides is 1. The molecule has 0 bridgehead atoms. The van der Waals surface area contributed by atoms with E-state index in [9.17, 15) is 9.90 Å². The maximum atomic E-state index is 12.3. The van der Waals surface area contributed by atoms with Gasteiger partial charge in [0.25, 0.3) is 5.91 Å². The minimum Gasteiger partial charge on any atom is -0.512 e. The number of thiocarbonyl (C=S) groups is 1. The third kappa shape index (κ3) is 5.91. The Kier molecular flexibility index (Phi) is 7.49. The van der Waals surface area contributed by atoms with Gasteiger partial charge in [0.15, 0.2) is 5.11 Å². The van der Waals surface area contributed by atoms with Crippen LogP contribution in [0.2, 0.25) is 0 Å². The second-order valence-electron chi connectivity index (χ2n) is 4.39. The van der Waals surface area contributed by atoms with Crippen LogP contribution in [-0.2, 0) is 4.79 Å². The largest absolute Gasteiger partial charge is 0.512 e. The van der Waals surface area contributed by atoms with Crippen molar-refractivity contribution in [3.05, 3.63) is 48.3 Å². The number of para-hydroxylation sites is 2. The Balaban J connectivity index is 2.88. The molecule has 1 rings (SSSR count). The minimum absolute atomic E-state index is 0.00124. The van der Waals surface area contributed by atoms with Crippen LogP contribution < -0.4 is 15.4 Å². The van der Waals surface area contributed by atoms with Crippen molar-refractivity contribution in [1.82, 2.24) is 5.32 Å². The van der Waals surface area contributed by atoms with Gasteiger partial charge in [0.2, 0.25) is 0 Å². The summed E-state index contributed by atoms with van der Waals surface area (Å²) in [5, 5.41) is 15.3. The Morgan fingerprint density at radius 1 is 1.48 bits per heavy atom. The van der Waals surface area contributed by atoms with E-state index in [4.69, 9.17) is 17.0 Å². The summed E-state index contributed by atoms with van der Waals surface area (Å²) >= 11 is 4.97. The smallest absolute Gasteiger partial charge is 0.260 e. The number of allylic oxidation sites excluding steroid dienone is 1. The van der Waals surface area contributed by atoms with Crippen molar-refractivity contribution in [2.45, 2.75) is 6.92 Å². The van der Waals surface area contributed by atoms with E-state index in [1.807, 2.05) is 0 Å². The van der Waals surface area contributed by atoms with Gasteiger partial charge < -0.3 is 20.5 Å². The number of aliphatic imine (C=N–C) groups is 1. The molecule has 3 N–H and O–H groups in total. The van der Waals surface area contributed by atoms with Gasteiger partial charge in [-0.3, -0.25) is 4.79 Å². The Morgan fingerprint density at radius 3 is 2.78 bits per heavy atom. The molecule has 23 heavy (non-hydrogen) atoms. The molecule has 122 valence electrons. The van der Waals surface area contributed by atoms with Crippen LogP contribution in [0.4, 0.5) is 5.69 Å². The van der Waals surface area contributed by atoms with Gasteiger partial charge in [0.05, 0.1) is 18.4 Å². The maximum absolute atomic E-state index is 12.3. The number of anilines is 1. The van der Waals surface area contributed by atoms with E-state index in [1.165, 1.54) is 20.2 Å². The van der Waals surface area contributed by atoms with Crippen LogP contribution in [0.25, 0.3) is 0 Å². The average Bonchev–Trinajstić information content (AvgIpc) is 2.53. The molecule has 6 nitrogen and oxygen atoms in total. The number of carbonyl (C=O) groups excluding carboxylic acids is 1. The zero-order valence-electron chi connectivity index (χ0n) is 13.0. The molecule has 1 aromatic carbocycles. The summed E-state index contributed by atoms with van der Waals surface area (Å²) in [6.45, 7) is 5.40. The molecule has 0 heterocycles. The first-order valence-electron chi connectivity index (χ1n) is 6.76. The topological polar surface area (TPSA) is 83.0 Å². The fourth-order valence-corrected chi connectivity index (χ4v) is 1.72. The number of carbonyl (C=O) groups is 1. The van der Waals surface area contributed by atoms with Crippen LogP contribution in [-0.4, -0.2) is 36.0 Å². The lowest BCUT2D eigenvalue weighted by Gasteiger charge is -2.10. The Labute approximate surface area is 140 Å². The minimum atomic E-state index is -0.523. The molecule has 0 atom stereocenters. The van der Waals surface area contributed by atoms with E-state index < -0.39 is 5.91 Å². The summed E-state index contributed by atoms with van der Waals surface area (Å²) in [6, 6.07) is 6.95. The summed E-state index contributed by atoms with van der Waals surface area (Å²) in [7, 11) is 1.50. The second kappa shape index (κ2) is 9.37. The molecule has 7 heteroatoms. The van der Waals surface area contributed by atoms with Crippen LogP contribution in [0.15, 0.2) is 53.2 Å². The molecule has 1 amide bonds. The number of ether oxygens (including phenoxy) is 1. The van der Waals surface area contributed by atoms with Gasteiger partial charge >= 0.3 is 0 Å². The highest BCUT2D eigenvalue weighted by Gasteiger charge is 2.13. The summed E-state index contributed by atoms with van der Waals surface area (Å²) in [6.07, 6.45) is 2.84. The number of nitrogens with zero attached hydrogens (tertiary/aromatic N) is 1. The van der Waals surface area contributed by atoms with Crippen molar-refractivity contribution >= 4 is 35.1 Å². The SMILES string of the molecule is C=CCNC(=S)/N=C/C(C(=O)Nc1ccccc1OC)=C(/C)O. The van der Waals surface area contributed by atoms with Gasteiger partial charge in [0, 0.05) is 12.8 Å². The van der Waals surface area contributed by atoms with E-state index in [-0.39, 0.29) is 16.4 Å². The van der Waals surface area contributed by atoms with Crippen LogP contribution >= 0.6 is 12.2 Å². The molecule has 0 aliphatic carbocycles. The fraction of sp³-hybridized carbons (Fsp3) is 0.188. The van der Waals surface area contributed by atoms with Crippen LogP contribution in [0.1, 0.15) is 6.92 Å². The van der Waals surface area contributed by atoms with Crippen LogP contribution in [0.5, 0.6) is 5.75 Å². The van der Waals surface area contributed by atoms with Crippen molar-refractivity contribution in [3.63, 3.8) is 0 Å². The van der Waals surface area contributed by atoms with Crippen molar-refractivity contribution in [1.29, 1.82) is 0 Å². The van der Waals surface area contributed by atoms with E-state index in [1.54, 1.807) is 30.3 Å². The summed E-state index contributed by atoms with van der Waals surface area (Å²) < 4.78 is 5.16. The lowest BCUT2D eigenvalue weighted by atomic mass is 10.2. The lowest BCUT2D eigenvalue weighted by Crippen LogP contribution is -2.21. The Morgan fingerprint density at radius 2 is 2.17 bits per heavy atom. The van der Waals surface area contributed by atoms with Crippen LogP contribution in [0, 0.1) is 0 Å². The van der Waals surface area contributed by atoms with Gasteiger partial charge in [-0.05, 0) is 31.3 Å². The molecule has 0 aliphatic heterocycles. The zero-order chi connectivity index (χ0) is 17.2. The van der Waals surface area contributed by atoms with E-state index in [0.717, 1.165) is 0 Å². The van der Waals surface area contributed by atoms with E-state index in [0.29, 0.717) is 18.0 Å². The number of hydrogen-bond donors (Lipinski definition) is 3. The fourth-order valence-electron chi connectivity index (χ4n) is 1.58. The highest BCUT2D eigenvalue weighted by Crippen LogP contribution is 2.23. The van der Waals surface area contributed by atoms with E-state index >= 15 is 0 Å². The first kappa shape index (κ1) is 18.4. The van der Waals surface area contributed by atoms with Gasteiger partial charge in [0.1, 0.15) is 11.5 Å². The van der Waals surface area contributed by atoms with Gasteiger partial charge in [-0.25, -0.2) is 4.99 Å². The predicted octanol–water partition coefficient (Wildman–Crippen LogP) is 2.60. The number of methoxy groups -OCH3 is 1. The molecule has 0 saturated heterocycles. The highest BCUT2D eigenvalue weighted by atomic mass is 32.1. The Hall–Kier alpha value is -2.67. The zero-order valence-corrected chi connectivity index (χ0v) is 13.8. The molecule has 0 aromatic heterocycles. The third-order valence-electron chi connectivity index (χ3n) is 2.70. The highest BCUT2D eigenvalue weighted by molar-refractivity contribution is 7.80. The van der Waals surface area contributed by atoms with Gasteiger partial charge in [-0.2, -0.15) is 0 Å². The summed E-state index contributed by atoms with van der Waals surface area (Å²) in [4.78, 5) is 16.2. The van der Waals surface area contributed by atoms with Crippen LogP contribution in [0.3, 0.4) is 0 Å². The molecule has 1 aromatic rings. The first-order chi connectivity index (χ1) is 11.0. The monoisotopic (exact) mass is 333 g/mol. The molecule has 0 radical (unpaired) electrons. The molecule has 0 unspecified atom stereocenters. The molecule has 0 aliphatic rings. The van der Waals surface area contributed by atoms with Crippen molar-refractivity contribution in [2.75, 3.05) is 19.0 Å². The number of hydrogen-bond acceptors (Lipinski definition) is 4. The summed E-state index contributed by atoms with van der Waals surface area (Å²) in [5.41, 5.74) is 0.484. The normalized spacial score (nSPS) is 11.6. The molecule has 0 spiro atoms. The number of aliphatic hydroxyl groups is 1. The standard InChI is InChI=1S/C16H19N3O3S/c1-4-9-17-16(23)18-10-12(11(2)20)15(21)19-13-7-5-6-8-14(13)22-3/h4-8,10,20H,1,9H2,2-3H3,(H,17,23)(H,19,21)/b12-11+,18-10+. The van der Waals surface area contributed by atoms with Crippen molar-refractivity contribution in [2.24, 2.45) is 4.99 Å². The number of benzene rings is 1. The molecular formula is C16H19N3O3S. The van der Waals surface area contributed by atoms with Gasteiger partial charge in [-0.1, -0.05) is 18.2 Å². The van der Waals surface area contributed by atoms with Crippen molar-refractivity contribution in [3.8, 4) is 5.75 Å². The molecule has 0 fully saturated rings. The number of rotatable bonds is 6. The third-order valence-corrected chi connectivity index (χ3v) is 2.95. The van der Waals surface area contributed by atoms with Gasteiger partial charge in [-0.15, -0.1) is 6.58 Å². The lowest BCUT2D eigenvalue weighted by molar-refractivity contribution is -0.112. The van der Waals surface area contributed by atoms with E-state index in [2.05, 4.69) is 22.2 Å². The quantitative estimate of drug-likeness (QED) is 0.245. The Bertz CT molecular complexity index is 650. The maximum Gasteiger partial charge on any atom is 0.260 e. The number of nitrogens with one attached hydrogen (secondary N) is 2. The summed E-state index contributed by atoms with van der Waals surface area (Å²) in [5.74, 6) is -0.187.